The van der Waals surface area contributed by atoms with Crippen LogP contribution in [0.5, 0.6) is 5.75 Å². The molecule has 1 fully saturated rings. The molecule has 0 saturated carbocycles. The fourth-order valence-corrected chi connectivity index (χ4v) is 8.34. The highest BCUT2D eigenvalue weighted by molar-refractivity contribution is 7.91. The van der Waals surface area contributed by atoms with Crippen LogP contribution < -0.4 is 10.1 Å². The first-order valence-corrected chi connectivity index (χ1v) is 17.3. The summed E-state index contributed by atoms with van der Waals surface area (Å²) in [6.07, 6.45) is 3.30. The highest BCUT2D eigenvalue weighted by Crippen LogP contribution is 2.32. The van der Waals surface area contributed by atoms with Gasteiger partial charge in [0.15, 0.2) is 5.78 Å². The van der Waals surface area contributed by atoms with Crippen molar-refractivity contribution in [1.29, 1.82) is 0 Å². The number of thiazole rings is 1. The number of rotatable bonds is 10. The Kier molecular flexibility index (Phi) is 9.29. The predicted octanol–water partition coefficient (Wildman–Crippen LogP) is 4.58. The molecule has 1 unspecified atom stereocenters. The summed E-state index contributed by atoms with van der Waals surface area (Å²) in [5.41, 5.74) is 1.68. The number of benzene rings is 3. The number of fused-ring (bicyclic) bond motifs is 2. The number of methoxy groups -OCH3 is 1. The van der Waals surface area contributed by atoms with Crippen molar-refractivity contribution in [3.05, 3.63) is 94.5 Å². The van der Waals surface area contributed by atoms with Crippen LogP contribution in [0, 0.1) is 5.92 Å². The van der Waals surface area contributed by atoms with E-state index >= 15 is 0 Å². The fraction of sp³-hybridized carbons (Fsp3) is 0.294. The van der Waals surface area contributed by atoms with Gasteiger partial charge in [-0.05, 0) is 73.5 Å². The van der Waals surface area contributed by atoms with E-state index in [9.17, 15) is 22.8 Å². The third-order valence-corrected chi connectivity index (χ3v) is 11.2. The van der Waals surface area contributed by atoms with Crippen molar-refractivity contribution in [1.82, 2.24) is 15.2 Å². The molecule has 2 aliphatic rings. The summed E-state index contributed by atoms with van der Waals surface area (Å²) >= 11 is 1.46. The van der Waals surface area contributed by atoms with Gasteiger partial charge in [0.05, 0.1) is 36.0 Å². The van der Waals surface area contributed by atoms with Crippen molar-refractivity contribution in [3.63, 3.8) is 0 Å². The van der Waals surface area contributed by atoms with Crippen LogP contribution in [0.25, 0.3) is 10.6 Å². The Hall–Kier alpha value is -4.39. The molecule has 1 atom stereocenters. The zero-order chi connectivity index (χ0) is 32.3. The van der Waals surface area contributed by atoms with Crippen molar-refractivity contribution in [2.75, 3.05) is 33.4 Å². The van der Waals surface area contributed by atoms with E-state index in [1.54, 1.807) is 18.3 Å². The van der Waals surface area contributed by atoms with Crippen LogP contribution in [-0.2, 0) is 32.3 Å². The normalized spacial score (nSPS) is 17.1. The largest absolute Gasteiger partial charge is 0.494 e. The monoisotopic (exact) mass is 659 g/mol. The molecule has 3 aromatic carbocycles. The highest BCUT2D eigenvalue weighted by Gasteiger charge is 2.31. The maximum absolute atomic E-state index is 13.3. The topological polar surface area (TPSA) is 132 Å². The van der Waals surface area contributed by atoms with Gasteiger partial charge in [-0.15, -0.1) is 11.3 Å². The number of nitrogens with zero attached hydrogens (tertiary/aromatic N) is 2. The van der Waals surface area contributed by atoms with Gasteiger partial charge in [-0.2, -0.15) is 0 Å². The molecular formula is C34H33N3O7S2. The zero-order valence-electron chi connectivity index (χ0n) is 25.2. The standard InChI is InChI=1S/C34H33N3O7S2/c1-43-34(40)24-13-15-37(21-24)14-4-16-44-26-10-7-22(8-11-26)33-36-20-27(45-33)19-35-32(39)23-9-12-30-25(17-23)18-29(38)28-5-2-3-6-31(28)46(30,41)42/h2-3,5-12,17,20,24H,4,13-16,18-19,21H2,1H3,(H,35,39). The van der Waals surface area contributed by atoms with E-state index in [4.69, 9.17) is 9.47 Å². The third-order valence-electron chi connectivity index (χ3n) is 8.21. The van der Waals surface area contributed by atoms with E-state index in [0.717, 1.165) is 53.7 Å². The summed E-state index contributed by atoms with van der Waals surface area (Å²) in [4.78, 5) is 45.2. The van der Waals surface area contributed by atoms with Gasteiger partial charge in [0, 0.05) is 47.3 Å². The van der Waals surface area contributed by atoms with Crippen LogP contribution in [0.4, 0.5) is 0 Å². The van der Waals surface area contributed by atoms with Gasteiger partial charge in [0.1, 0.15) is 10.8 Å². The Morgan fingerprint density at radius 3 is 2.67 bits per heavy atom. The van der Waals surface area contributed by atoms with E-state index < -0.39 is 9.84 Å². The number of sulfone groups is 1. The maximum atomic E-state index is 13.3. The summed E-state index contributed by atoms with van der Waals surface area (Å²) in [7, 11) is -2.46. The molecule has 12 heteroatoms. The first kappa shape index (κ1) is 31.6. The molecule has 0 aliphatic carbocycles. The van der Waals surface area contributed by atoms with Gasteiger partial charge in [-0.1, -0.05) is 18.2 Å². The number of esters is 1. The molecule has 4 aromatic rings. The average Bonchev–Trinajstić information content (AvgIpc) is 3.74. The number of aromatic nitrogens is 1. The van der Waals surface area contributed by atoms with Crippen LogP contribution in [0.1, 0.15) is 44.0 Å². The van der Waals surface area contributed by atoms with E-state index in [-0.39, 0.29) is 57.5 Å². The number of likely N-dealkylation sites (tertiary alicyclic amines) is 1. The Morgan fingerprint density at radius 1 is 1.07 bits per heavy atom. The lowest BCUT2D eigenvalue weighted by atomic mass is 10.0. The molecule has 46 heavy (non-hydrogen) atoms. The van der Waals surface area contributed by atoms with Crippen molar-refractivity contribution in [2.24, 2.45) is 5.92 Å². The van der Waals surface area contributed by atoms with Crippen molar-refractivity contribution in [3.8, 4) is 16.3 Å². The number of nitrogens with one attached hydrogen (secondary N) is 1. The number of ketones is 1. The summed E-state index contributed by atoms with van der Waals surface area (Å²) in [5.74, 6) is -0.0826. The SMILES string of the molecule is COC(=O)C1CCN(CCCOc2ccc(-c3ncc(CNC(=O)c4ccc5c(c4)CC(=O)c4ccccc4S5(=O)=O)s3)cc2)C1. The van der Waals surface area contributed by atoms with E-state index in [1.807, 2.05) is 24.3 Å². The summed E-state index contributed by atoms with van der Waals surface area (Å²) < 4.78 is 37.3. The van der Waals surface area contributed by atoms with Crippen LogP contribution in [-0.4, -0.2) is 69.3 Å². The molecule has 0 radical (unpaired) electrons. The predicted molar refractivity (Wildman–Crippen MR) is 172 cm³/mol. The molecule has 238 valence electrons. The molecule has 6 rings (SSSR count). The molecule has 0 bridgehead atoms. The number of hydrogen-bond acceptors (Lipinski definition) is 10. The molecule has 0 spiro atoms. The van der Waals surface area contributed by atoms with Gasteiger partial charge < -0.3 is 19.7 Å². The molecule has 1 amide bonds. The highest BCUT2D eigenvalue weighted by atomic mass is 32.2. The van der Waals surface area contributed by atoms with Crippen LogP contribution in [0.15, 0.2) is 82.7 Å². The Morgan fingerprint density at radius 2 is 1.87 bits per heavy atom. The van der Waals surface area contributed by atoms with Gasteiger partial charge in [0.25, 0.3) is 5.91 Å². The molecule has 2 aliphatic heterocycles. The number of amides is 1. The summed E-state index contributed by atoms with van der Waals surface area (Å²) in [6.45, 7) is 3.32. The van der Waals surface area contributed by atoms with Crippen molar-refractivity contribution < 1.29 is 32.3 Å². The Balaban J connectivity index is 1.00. The first-order valence-electron chi connectivity index (χ1n) is 15.0. The van der Waals surface area contributed by atoms with Crippen molar-refractivity contribution in [2.45, 2.75) is 35.6 Å². The van der Waals surface area contributed by atoms with Crippen molar-refractivity contribution >= 4 is 38.8 Å². The van der Waals surface area contributed by atoms with Gasteiger partial charge in [-0.3, -0.25) is 14.4 Å². The number of hydrogen-bond donors (Lipinski definition) is 1. The second kappa shape index (κ2) is 13.5. The average molecular weight is 660 g/mol. The second-order valence-corrected chi connectivity index (χ2v) is 14.3. The van der Waals surface area contributed by atoms with E-state index in [0.29, 0.717) is 12.2 Å². The quantitative estimate of drug-likeness (QED) is 0.192. The first-order chi connectivity index (χ1) is 22.2. The molecule has 1 saturated heterocycles. The van der Waals surface area contributed by atoms with Crippen LogP contribution in [0.2, 0.25) is 0 Å². The zero-order valence-corrected chi connectivity index (χ0v) is 26.9. The number of Topliss-reactive ketones (excluding diaryl/α,β-unsaturated/α-hetero) is 1. The number of carbonyl (C=O) groups is 3. The minimum atomic E-state index is -3.89. The summed E-state index contributed by atoms with van der Waals surface area (Å²) in [5, 5.41) is 3.68. The lowest BCUT2D eigenvalue weighted by molar-refractivity contribution is -0.144. The van der Waals surface area contributed by atoms with Crippen LogP contribution in [0.3, 0.4) is 0 Å². The van der Waals surface area contributed by atoms with Crippen LogP contribution >= 0.6 is 11.3 Å². The summed E-state index contributed by atoms with van der Waals surface area (Å²) in [6, 6.07) is 18.2. The Bertz CT molecular complexity index is 1890. The molecular weight excluding hydrogens is 627 g/mol. The van der Waals surface area contributed by atoms with E-state index in [2.05, 4.69) is 15.2 Å². The minimum absolute atomic E-state index is 0.00976. The third kappa shape index (κ3) is 6.74. The van der Waals surface area contributed by atoms with Gasteiger partial charge in [0.2, 0.25) is 9.84 Å². The minimum Gasteiger partial charge on any atom is -0.494 e. The molecule has 10 nitrogen and oxygen atoms in total. The smallest absolute Gasteiger partial charge is 0.310 e. The second-order valence-electron chi connectivity index (χ2n) is 11.3. The van der Waals surface area contributed by atoms with E-state index in [1.165, 1.54) is 48.8 Å². The number of ether oxygens (including phenoxy) is 2. The molecule has 1 N–H and O–H groups in total. The Labute approximate surface area is 271 Å². The fourth-order valence-electron chi connectivity index (χ4n) is 5.80. The molecule has 1 aromatic heterocycles. The number of carbonyl (C=O) groups excluding carboxylic acids is 3. The lowest BCUT2D eigenvalue weighted by Crippen LogP contribution is -2.25. The van der Waals surface area contributed by atoms with Gasteiger partial charge >= 0.3 is 5.97 Å². The lowest BCUT2D eigenvalue weighted by Gasteiger charge is -2.15. The maximum Gasteiger partial charge on any atom is 0.310 e. The van der Waals surface area contributed by atoms with Gasteiger partial charge in [-0.25, -0.2) is 13.4 Å². The molecule has 3 heterocycles.